The van der Waals surface area contributed by atoms with Crippen LogP contribution in [0.1, 0.15) is 52.0 Å². The van der Waals surface area contributed by atoms with Gasteiger partial charge in [-0.3, -0.25) is 9.59 Å². The van der Waals surface area contributed by atoms with Gasteiger partial charge in [0.1, 0.15) is 5.60 Å². The maximum absolute atomic E-state index is 12.3. The summed E-state index contributed by atoms with van der Waals surface area (Å²) in [6.45, 7) is 7.68. The Hall–Kier alpha value is -2.09. The summed E-state index contributed by atoms with van der Waals surface area (Å²) < 4.78 is 6.18. The SMILES string of the molecule is CC(C)(C)OC(=O)NCCC(=O)N1CCC(CNC(=O)CCc2cccc(Br)c2)CC1. The van der Waals surface area contributed by atoms with E-state index in [0.717, 1.165) is 29.3 Å². The van der Waals surface area contributed by atoms with Crippen LogP contribution in [0.15, 0.2) is 28.7 Å². The van der Waals surface area contributed by atoms with Gasteiger partial charge in [-0.25, -0.2) is 4.79 Å². The number of hydrogen-bond donors (Lipinski definition) is 2. The predicted molar refractivity (Wildman–Crippen MR) is 124 cm³/mol. The number of rotatable bonds is 8. The highest BCUT2D eigenvalue weighted by atomic mass is 79.9. The smallest absolute Gasteiger partial charge is 0.407 e. The Balaban J connectivity index is 1.58. The number of benzene rings is 1. The van der Waals surface area contributed by atoms with Crippen molar-refractivity contribution >= 4 is 33.8 Å². The van der Waals surface area contributed by atoms with Crippen LogP contribution in [0, 0.1) is 5.92 Å². The molecule has 2 N–H and O–H groups in total. The predicted octanol–water partition coefficient (Wildman–Crippen LogP) is 3.65. The van der Waals surface area contributed by atoms with Crippen molar-refractivity contribution in [1.29, 1.82) is 0 Å². The highest BCUT2D eigenvalue weighted by molar-refractivity contribution is 9.10. The number of nitrogens with zero attached hydrogens (tertiary/aromatic N) is 1. The molecular weight excluding hydrogens is 462 g/mol. The third-order valence-electron chi connectivity index (χ3n) is 5.09. The summed E-state index contributed by atoms with van der Waals surface area (Å²) in [5.74, 6) is 0.484. The van der Waals surface area contributed by atoms with Crippen LogP contribution in [0.3, 0.4) is 0 Å². The van der Waals surface area contributed by atoms with Gasteiger partial charge < -0.3 is 20.3 Å². The average Bonchev–Trinajstić information content (AvgIpc) is 2.69. The molecule has 0 atom stereocenters. The highest BCUT2D eigenvalue weighted by Crippen LogP contribution is 2.17. The van der Waals surface area contributed by atoms with Crippen molar-refractivity contribution in [3.63, 3.8) is 0 Å². The van der Waals surface area contributed by atoms with Crippen LogP contribution >= 0.6 is 15.9 Å². The lowest BCUT2D eigenvalue weighted by Gasteiger charge is -2.32. The van der Waals surface area contributed by atoms with Gasteiger partial charge in [0.15, 0.2) is 0 Å². The standard InChI is InChI=1S/C23H34BrN3O4/c1-23(2,3)31-22(30)25-12-9-21(29)27-13-10-18(11-14-27)16-26-20(28)8-7-17-5-4-6-19(24)15-17/h4-6,15,18H,7-14,16H2,1-3H3,(H,25,30)(H,26,28). The summed E-state index contributed by atoms with van der Waals surface area (Å²) >= 11 is 3.44. The molecule has 0 bridgehead atoms. The number of alkyl carbamates (subject to hydrolysis) is 1. The Kier molecular flexibility index (Phi) is 9.81. The zero-order valence-electron chi connectivity index (χ0n) is 18.7. The highest BCUT2D eigenvalue weighted by Gasteiger charge is 2.23. The van der Waals surface area contributed by atoms with Crippen molar-refractivity contribution in [2.45, 2.75) is 58.5 Å². The van der Waals surface area contributed by atoms with Gasteiger partial charge in [0.05, 0.1) is 0 Å². The monoisotopic (exact) mass is 495 g/mol. The van der Waals surface area contributed by atoms with Gasteiger partial charge in [0.2, 0.25) is 11.8 Å². The lowest BCUT2D eigenvalue weighted by molar-refractivity contribution is -0.132. The Bertz CT molecular complexity index is 755. The molecule has 1 heterocycles. The molecule has 172 valence electrons. The molecule has 0 radical (unpaired) electrons. The molecule has 1 fully saturated rings. The fourth-order valence-corrected chi connectivity index (χ4v) is 3.87. The van der Waals surface area contributed by atoms with Crippen LogP contribution in [0.4, 0.5) is 4.79 Å². The number of amides is 3. The average molecular weight is 496 g/mol. The summed E-state index contributed by atoms with van der Waals surface area (Å²) in [5.41, 5.74) is 0.585. The molecule has 0 aliphatic carbocycles. The molecule has 0 unspecified atom stereocenters. The normalized spacial score (nSPS) is 14.8. The summed E-state index contributed by atoms with van der Waals surface area (Å²) in [6.07, 6.45) is 2.69. The fraction of sp³-hybridized carbons (Fsp3) is 0.609. The second kappa shape index (κ2) is 12.1. The minimum atomic E-state index is -0.551. The summed E-state index contributed by atoms with van der Waals surface area (Å²) in [6, 6.07) is 8.00. The van der Waals surface area contributed by atoms with Gasteiger partial charge >= 0.3 is 6.09 Å². The van der Waals surface area contributed by atoms with E-state index in [2.05, 4.69) is 26.6 Å². The summed E-state index contributed by atoms with van der Waals surface area (Å²) in [7, 11) is 0. The molecule has 3 amide bonds. The zero-order valence-corrected chi connectivity index (χ0v) is 20.3. The van der Waals surface area contributed by atoms with Crippen LogP contribution in [-0.2, 0) is 20.7 Å². The van der Waals surface area contributed by atoms with Gasteiger partial charge in [-0.2, -0.15) is 0 Å². The number of likely N-dealkylation sites (tertiary alicyclic amines) is 1. The van der Waals surface area contributed by atoms with Gasteiger partial charge in [0.25, 0.3) is 0 Å². The van der Waals surface area contributed by atoms with E-state index in [1.165, 1.54) is 0 Å². The number of nitrogens with one attached hydrogen (secondary N) is 2. The molecule has 1 aliphatic heterocycles. The molecule has 7 nitrogen and oxygen atoms in total. The minimum Gasteiger partial charge on any atom is -0.444 e. The van der Waals surface area contributed by atoms with Crippen molar-refractivity contribution in [1.82, 2.24) is 15.5 Å². The molecular formula is C23H34BrN3O4. The van der Waals surface area contributed by atoms with Crippen molar-refractivity contribution in [3.8, 4) is 0 Å². The van der Waals surface area contributed by atoms with E-state index in [0.29, 0.717) is 32.0 Å². The Morgan fingerprint density at radius 3 is 2.48 bits per heavy atom. The second-order valence-electron chi connectivity index (χ2n) is 8.94. The van der Waals surface area contributed by atoms with Crippen LogP contribution in [0.2, 0.25) is 0 Å². The fourth-order valence-electron chi connectivity index (χ4n) is 3.43. The first kappa shape index (κ1) is 25.2. The van der Waals surface area contributed by atoms with Crippen molar-refractivity contribution in [2.75, 3.05) is 26.2 Å². The van der Waals surface area contributed by atoms with Crippen molar-refractivity contribution in [3.05, 3.63) is 34.3 Å². The Morgan fingerprint density at radius 2 is 1.84 bits per heavy atom. The minimum absolute atomic E-state index is 0.0348. The van der Waals surface area contributed by atoms with Gasteiger partial charge in [-0.05, 0) is 63.6 Å². The largest absolute Gasteiger partial charge is 0.444 e. The Labute approximate surface area is 193 Å². The number of halogens is 1. The number of hydrogen-bond acceptors (Lipinski definition) is 4. The summed E-state index contributed by atoms with van der Waals surface area (Å²) in [5, 5.41) is 5.65. The van der Waals surface area contributed by atoms with Gasteiger partial charge in [-0.15, -0.1) is 0 Å². The Morgan fingerprint density at radius 1 is 1.13 bits per heavy atom. The van der Waals surface area contributed by atoms with Gasteiger partial charge in [0, 0.05) is 43.5 Å². The number of carbonyl (C=O) groups excluding carboxylic acids is 3. The molecule has 0 aromatic heterocycles. The number of carbonyl (C=O) groups is 3. The van der Waals surface area contributed by atoms with Crippen molar-refractivity contribution in [2.24, 2.45) is 5.92 Å². The molecule has 0 saturated carbocycles. The first-order valence-electron chi connectivity index (χ1n) is 10.9. The van der Waals surface area contributed by atoms with E-state index in [1.807, 2.05) is 29.2 Å². The van der Waals surface area contributed by atoms with E-state index >= 15 is 0 Å². The number of aryl methyl sites for hydroxylation is 1. The molecule has 1 aromatic rings. The summed E-state index contributed by atoms with van der Waals surface area (Å²) in [4.78, 5) is 38.0. The van der Waals surface area contributed by atoms with E-state index < -0.39 is 11.7 Å². The molecule has 2 rings (SSSR count). The second-order valence-corrected chi connectivity index (χ2v) is 9.85. The molecule has 0 spiro atoms. The molecule has 1 saturated heterocycles. The molecule has 1 aliphatic rings. The van der Waals surface area contributed by atoms with Crippen LogP contribution < -0.4 is 10.6 Å². The molecule has 1 aromatic carbocycles. The van der Waals surface area contributed by atoms with Gasteiger partial charge in [-0.1, -0.05) is 28.1 Å². The van der Waals surface area contributed by atoms with E-state index in [9.17, 15) is 14.4 Å². The topological polar surface area (TPSA) is 87.7 Å². The van der Waals surface area contributed by atoms with E-state index in [4.69, 9.17) is 4.74 Å². The lowest BCUT2D eigenvalue weighted by Crippen LogP contribution is -2.42. The third-order valence-corrected chi connectivity index (χ3v) is 5.59. The van der Waals surface area contributed by atoms with E-state index in [1.54, 1.807) is 20.8 Å². The molecule has 31 heavy (non-hydrogen) atoms. The maximum atomic E-state index is 12.3. The quantitative estimate of drug-likeness (QED) is 0.575. The third kappa shape index (κ3) is 10.2. The zero-order chi connectivity index (χ0) is 22.9. The number of ether oxygens (including phenoxy) is 1. The van der Waals surface area contributed by atoms with Crippen LogP contribution in [0.25, 0.3) is 0 Å². The van der Waals surface area contributed by atoms with Crippen molar-refractivity contribution < 1.29 is 19.1 Å². The van der Waals surface area contributed by atoms with Crippen LogP contribution in [0.5, 0.6) is 0 Å². The lowest BCUT2D eigenvalue weighted by atomic mass is 9.96. The number of piperidine rings is 1. The first-order valence-corrected chi connectivity index (χ1v) is 11.7. The first-order chi connectivity index (χ1) is 14.6. The van der Waals surface area contributed by atoms with Crippen LogP contribution in [-0.4, -0.2) is 54.6 Å². The molecule has 8 heteroatoms. The van der Waals surface area contributed by atoms with E-state index in [-0.39, 0.29) is 24.8 Å². The maximum Gasteiger partial charge on any atom is 0.407 e.